The number of halogens is 2. The highest BCUT2D eigenvalue weighted by molar-refractivity contribution is 7.91. The van der Waals surface area contributed by atoms with Gasteiger partial charge in [-0.05, 0) is 56.1 Å². The molecular weight excluding hydrogens is 293 g/mol. The van der Waals surface area contributed by atoms with Gasteiger partial charge in [0.15, 0.2) is 9.84 Å². The summed E-state index contributed by atoms with van der Waals surface area (Å²) in [4.78, 5) is 0.375. The van der Waals surface area contributed by atoms with Crippen LogP contribution in [0.25, 0.3) is 0 Å². The van der Waals surface area contributed by atoms with Crippen LogP contribution in [0.2, 0.25) is 5.02 Å². The second-order valence-electron chi connectivity index (χ2n) is 4.43. The fourth-order valence-corrected chi connectivity index (χ4v) is 3.92. The van der Waals surface area contributed by atoms with E-state index in [1.807, 2.05) is 0 Å². The average Bonchev–Trinajstić information content (AvgIpc) is 2.30. The van der Waals surface area contributed by atoms with E-state index in [1.165, 1.54) is 0 Å². The summed E-state index contributed by atoms with van der Waals surface area (Å²) >= 11 is 5.75. The van der Waals surface area contributed by atoms with E-state index in [1.54, 1.807) is 24.3 Å². The molecule has 1 saturated heterocycles. The highest BCUT2D eigenvalue weighted by atomic mass is 35.5. The van der Waals surface area contributed by atoms with E-state index in [-0.39, 0.29) is 24.1 Å². The fraction of sp³-hybridized carbons (Fsp3) is 0.500. The third-order valence-corrected chi connectivity index (χ3v) is 5.24. The monoisotopic (exact) mass is 309 g/mol. The summed E-state index contributed by atoms with van der Waals surface area (Å²) in [6, 6.07) is 6.41. The summed E-state index contributed by atoms with van der Waals surface area (Å²) < 4.78 is 24.3. The van der Waals surface area contributed by atoms with E-state index in [4.69, 9.17) is 11.6 Å². The van der Waals surface area contributed by atoms with E-state index in [0.29, 0.717) is 9.92 Å². The van der Waals surface area contributed by atoms with Gasteiger partial charge in [0.1, 0.15) is 0 Å². The standard InChI is InChI=1S/C12H16ClNO2S.ClH/c13-11-1-3-12(4-2-11)17(15,16)9-10-5-7-14-8-6-10;/h1-4,10,14H,5-9H2;1H. The molecule has 6 heteroatoms. The van der Waals surface area contributed by atoms with Gasteiger partial charge >= 0.3 is 0 Å². The van der Waals surface area contributed by atoms with E-state index in [2.05, 4.69) is 5.32 Å². The molecule has 1 aromatic rings. The van der Waals surface area contributed by atoms with Crippen molar-refractivity contribution in [3.05, 3.63) is 29.3 Å². The molecule has 1 aliphatic heterocycles. The molecule has 0 aromatic heterocycles. The lowest BCUT2D eigenvalue weighted by Gasteiger charge is -2.22. The first-order valence-electron chi connectivity index (χ1n) is 5.77. The Morgan fingerprint density at radius 3 is 2.28 bits per heavy atom. The molecule has 0 saturated carbocycles. The van der Waals surface area contributed by atoms with Gasteiger partial charge < -0.3 is 5.32 Å². The van der Waals surface area contributed by atoms with Gasteiger partial charge in [-0.15, -0.1) is 12.4 Å². The van der Waals surface area contributed by atoms with Crippen LogP contribution in [-0.4, -0.2) is 27.3 Å². The summed E-state index contributed by atoms with van der Waals surface area (Å²) in [7, 11) is -3.16. The van der Waals surface area contributed by atoms with Gasteiger partial charge in [0.25, 0.3) is 0 Å². The van der Waals surface area contributed by atoms with Crippen molar-refractivity contribution in [1.29, 1.82) is 0 Å². The van der Waals surface area contributed by atoms with Crippen molar-refractivity contribution in [3.8, 4) is 0 Å². The first kappa shape index (κ1) is 15.8. The molecule has 3 nitrogen and oxygen atoms in total. The van der Waals surface area contributed by atoms with Crippen molar-refractivity contribution in [2.75, 3.05) is 18.8 Å². The Balaban J connectivity index is 0.00000162. The topological polar surface area (TPSA) is 46.2 Å². The maximum absolute atomic E-state index is 12.1. The summed E-state index contributed by atoms with van der Waals surface area (Å²) in [5.41, 5.74) is 0. The number of nitrogens with one attached hydrogen (secondary N) is 1. The molecule has 1 heterocycles. The van der Waals surface area contributed by atoms with Crippen LogP contribution >= 0.6 is 24.0 Å². The number of benzene rings is 1. The first-order chi connectivity index (χ1) is 8.08. The molecule has 0 spiro atoms. The lowest BCUT2D eigenvalue weighted by Crippen LogP contribution is -2.31. The minimum atomic E-state index is -3.16. The molecule has 0 bridgehead atoms. The van der Waals surface area contributed by atoms with Crippen LogP contribution in [0.15, 0.2) is 29.2 Å². The zero-order valence-corrected chi connectivity index (χ0v) is 12.3. The van der Waals surface area contributed by atoms with Gasteiger partial charge in [0, 0.05) is 5.02 Å². The third kappa shape index (κ3) is 4.12. The Morgan fingerprint density at radius 1 is 1.17 bits per heavy atom. The molecule has 102 valence electrons. The van der Waals surface area contributed by atoms with Gasteiger partial charge in [-0.3, -0.25) is 0 Å². The average molecular weight is 310 g/mol. The normalized spacial score (nSPS) is 17.2. The minimum Gasteiger partial charge on any atom is -0.317 e. The Hall–Kier alpha value is -0.290. The lowest BCUT2D eigenvalue weighted by atomic mass is 10.0. The largest absolute Gasteiger partial charge is 0.317 e. The number of rotatable bonds is 3. The Labute approximate surface area is 119 Å². The van der Waals surface area contributed by atoms with Gasteiger partial charge in [0.2, 0.25) is 0 Å². The predicted molar refractivity (Wildman–Crippen MR) is 76.3 cm³/mol. The number of hydrogen-bond acceptors (Lipinski definition) is 3. The minimum absolute atomic E-state index is 0. The smallest absolute Gasteiger partial charge is 0.178 e. The van der Waals surface area contributed by atoms with Crippen LogP contribution in [0.1, 0.15) is 12.8 Å². The molecule has 1 N–H and O–H groups in total. The van der Waals surface area contributed by atoms with Gasteiger partial charge in [-0.2, -0.15) is 0 Å². The van der Waals surface area contributed by atoms with Crippen LogP contribution in [0.3, 0.4) is 0 Å². The maximum atomic E-state index is 12.1. The van der Waals surface area contributed by atoms with Crippen molar-refractivity contribution >= 4 is 33.8 Å². The molecule has 2 rings (SSSR count). The maximum Gasteiger partial charge on any atom is 0.178 e. The molecule has 18 heavy (non-hydrogen) atoms. The Morgan fingerprint density at radius 2 is 1.72 bits per heavy atom. The zero-order chi connectivity index (χ0) is 12.3. The quantitative estimate of drug-likeness (QED) is 0.933. The lowest BCUT2D eigenvalue weighted by molar-refractivity contribution is 0.401. The van der Waals surface area contributed by atoms with Gasteiger partial charge in [-0.25, -0.2) is 8.42 Å². The second kappa shape index (κ2) is 6.75. The predicted octanol–water partition coefficient (Wildman–Crippen LogP) is 2.54. The third-order valence-electron chi connectivity index (χ3n) is 3.09. The molecule has 0 amide bonds. The van der Waals surface area contributed by atoms with Crippen LogP contribution in [0, 0.1) is 5.92 Å². The van der Waals surface area contributed by atoms with Crippen LogP contribution in [0.5, 0.6) is 0 Å². The van der Waals surface area contributed by atoms with E-state index in [9.17, 15) is 8.42 Å². The van der Waals surface area contributed by atoms with Crippen LogP contribution in [0.4, 0.5) is 0 Å². The molecule has 0 atom stereocenters. The molecule has 1 aromatic carbocycles. The van der Waals surface area contributed by atoms with E-state index >= 15 is 0 Å². The molecule has 1 fully saturated rings. The highest BCUT2D eigenvalue weighted by Crippen LogP contribution is 2.21. The van der Waals surface area contributed by atoms with Crippen LogP contribution < -0.4 is 5.32 Å². The molecule has 0 unspecified atom stereocenters. The van der Waals surface area contributed by atoms with Crippen molar-refractivity contribution in [1.82, 2.24) is 5.32 Å². The van der Waals surface area contributed by atoms with Gasteiger partial charge in [-0.1, -0.05) is 11.6 Å². The van der Waals surface area contributed by atoms with E-state index < -0.39 is 9.84 Å². The molecule has 0 radical (unpaired) electrons. The van der Waals surface area contributed by atoms with Crippen molar-refractivity contribution in [2.45, 2.75) is 17.7 Å². The summed E-state index contributed by atoms with van der Waals surface area (Å²) in [5, 5.41) is 3.80. The summed E-state index contributed by atoms with van der Waals surface area (Å²) in [5.74, 6) is 0.521. The van der Waals surface area contributed by atoms with Gasteiger partial charge in [0.05, 0.1) is 10.6 Å². The zero-order valence-electron chi connectivity index (χ0n) is 9.93. The molecule has 0 aliphatic carbocycles. The number of sulfone groups is 1. The van der Waals surface area contributed by atoms with Crippen molar-refractivity contribution in [3.63, 3.8) is 0 Å². The molecular formula is C12H17Cl2NO2S. The first-order valence-corrected chi connectivity index (χ1v) is 7.80. The van der Waals surface area contributed by atoms with Crippen molar-refractivity contribution < 1.29 is 8.42 Å². The summed E-state index contributed by atoms with van der Waals surface area (Å²) in [6.07, 6.45) is 1.87. The van der Waals surface area contributed by atoms with E-state index in [0.717, 1.165) is 25.9 Å². The van der Waals surface area contributed by atoms with Crippen molar-refractivity contribution in [2.24, 2.45) is 5.92 Å². The fourth-order valence-electron chi connectivity index (χ4n) is 2.10. The number of piperidine rings is 1. The Kier molecular flexibility index (Phi) is 5.92. The molecule has 1 aliphatic rings. The highest BCUT2D eigenvalue weighted by Gasteiger charge is 2.22. The van der Waals surface area contributed by atoms with Crippen LogP contribution in [-0.2, 0) is 9.84 Å². The second-order valence-corrected chi connectivity index (χ2v) is 6.90. The summed E-state index contributed by atoms with van der Waals surface area (Å²) in [6.45, 7) is 1.83. The number of hydrogen-bond donors (Lipinski definition) is 1. The Bertz CT molecular complexity index is 467. The SMILES string of the molecule is Cl.O=S(=O)(CC1CCNCC1)c1ccc(Cl)cc1.